The SMILES string of the molecule is CC(N)/C=C/c1ccc(F)cc1C(F)(F)F. The Hall–Kier alpha value is -1.36. The van der Waals surface area contributed by atoms with Gasteiger partial charge in [-0.05, 0) is 24.6 Å². The molecule has 0 spiro atoms. The molecule has 2 N–H and O–H groups in total. The van der Waals surface area contributed by atoms with E-state index in [1.54, 1.807) is 6.92 Å². The number of rotatable bonds is 2. The van der Waals surface area contributed by atoms with Crippen LogP contribution >= 0.6 is 0 Å². The molecule has 0 aromatic heterocycles. The van der Waals surface area contributed by atoms with Gasteiger partial charge in [-0.3, -0.25) is 0 Å². The normalized spacial score (nSPS) is 14.4. The van der Waals surface area contributed by atoms with E-state index in [4.69, 9.17) is 5.73 Å². The Morgan fingerprint density at radius 1 is 1.31 bits per heavy atom. The van der Waals surface area contributed by atoms with Crippen LogP contribution in [0.3, 0.4) is 0 Å². The molecular weight excluding hydrogens is 222 g/mol. The van der Waals surface area contributed by atoms with Crippen molar-refractivity contribution in [3.8, 4) is 0 Å². The number of nitrogens with two attached hydrogens (primary N) is 1. The zero-order valence-electron chi connectivity index (χ0n) is 8.55. The number of alkyl halides is 3. The van der Waals surface area contributed by atoms with E-state index in [-0.39, 0.29) is 11.6 Å². The van der Waals surface area contributed by atoms with Crippen molar-refractivity contribution in [2.45, 2.75) is 19.1 Å². The Morgan fingerprint density at radius 3 is 2.44 bits per heavy atom. The fourth-order valence-electron chi connectivity index (χ4n) is 1.17. The predicted octanol–water partition coefficient (Wildman–Crippen LogP) is 3.20. The molecule has 0 amide bonds. The van der Waals surface area contributed by atoms with Crippen LogP contribution in [0.2, 0.25) is 0 Å². The van der Waals surface area contributed by atoms with E-state index in [2.05, 4.69) is 0 Å². The van der Waals surface area contributed by atoms with Crippen LogP contribution in [-0.2, 0) is 6.18 Å². The second-order valence-electron chi connectivity index (χ2n) is 3.45. The van der Waals surface area contributed by atoms with Crippen LogP contribution in [0.15, 0.2) is 24.3 Å². The van der Waals surface area contributed by atoms with Gasteiger partial charge in [0, 0.05) is 6.04 Å². The van der Waals surface area contributed by atoms with Gasteiger partial charge in [0.1, 0.15) is 5.82 Å². The molecule has 1 aromatic rings. The van der Waals surface area contributed by atoms with E-state index in [9.17, 15) is 17.6 Å². The molecule has 0 aliphatic heterocycles. The molecule has 0 aliphatic rings. The Labute approximate surface area is 90.6 Å². The molecule has 1 aromatic carbocycles. The van der Waals surface area contributed by atoms with E-state index < -0.39 is 17.6 Å². The molecule has 0 aliphatic carbocycles. The van der Waals surface area contributed by atoms with Crippen molar-refractivity contribution >= 4 is 6.08 Å². The average Bonchev–Trinajstić information content (AvgIpc) is 2.14. The summed E-state index contributed by atoms with van der Waals surface area (Å²) in [7, 11) is 0. The minimum atomic E-state index is -4.57. The summed E-state index contributed by atoms with van der Waals surface area (Å²) in [4.78, 5) is 0. The first-order chi connectivity index (χ1) is 7.30. The highest BCUT2D eigenvalue weighted by atomic mass is 19.4. The summed E-state index contributed by atoms with van der Waals surface area (Å²) in [5.41, 5.74) is 4.30. The van der Waals surface area contributed by atoms with Crippen molar-refractivity contribution in [3.05, 3.63) is 41.2 Å². The lowest BCUT2D eigenvalue weighted by molar-refractivity contribution is -0.137. The Balaban J connectivity index is 3.18. The van der Waals surface area contributed by atoms with Crippen molar-refractivity contribution in [3.63, 3.8) is 0 Å². The summed E-state index contributed by atoms with van der Waals surface area (Å²) in [5.74, 6) is -0.912. The molecule has 0 bridgehead atoms. The van der Waals surface area contributed by atoms with Crippen molar-refractivity contribution in [2.75, 3.05) is 0 Å². The van der Waals surface area contributed by atoms with E-state index in [0.717, 1.165) is 12.1 Å². The summed E-state index contributed by atoms with van der Waals surface area (Å²) in [5, 5.41) is 0. The maximum atomic E-state index is 12.7. The minimum absolute atomic E-state index is 0.0915. The Morgan fingerprint density at radius 2 is 1.94 bits per heavy atom. The third-order valence-corrected chi connectivity index (χ3v) is 1.90. The summed E-state index contributed by atoms with van der Waals surface area (Å²) < 4.78 is 50.3. The van der Waals surface area contributed by atoms with Crippen LogP contribution in [0.1, 0.15) is 18.1 Å². The number of benzene rings is 1. The minimum Gasteiger partial charge on any atom is -0.325 e. The van der Waals surface area contributed by atoms with Gasteiger partial charge in [0.05, 0.1) is 5.56 Å². The molecule has 0 saturated heterocycles. The fourth-order valence-corrected chi connectivity index (χ4v) is 1.17. The first kappa shape index (κ1) is 12.7. The topological polar surface area (TPSA) is 26.0 Å². The maximum absolute atomic E-state index is 12.7. The molecule has 1 unspecified atom stereocenters. The molecule has 0 radical (unpaired) electrons. The van der Waals surface area contributed by atoms with Crippen molar-refractivity contribution in [1.82, 2.24) is 0 Å². The summed E-state index contributed by atoms with van der Waals surface area (Å²) in [6.07, 6.45) is -1.91. The molecule has 1 rings (SSSR count). The standard InChI is InChI=1S/C11H11F4N/c1-7(16)2-3-8-4-5-9(12)6-10(8)11(13,14)15/h2-7H,16H2,1H3/b3-2+. The van der Waals surface area contributed by atoms with Gasteiger partial charge in [0.2, 0.25) is 0 Å². The summed E-state index contributed by atoms with van der Waals surface area (Å²) in [6, 6.07) is 2.18. The molecule has 88 valence electrons. The third kappa shape index (κ3) is 3.34. The highest BCUT2D eigenvalue weighted by Gasteiger charge is 2.33. The highest BCUT2D eigenvalue weighted by Crippen LogP contribution is 2.33. The van der Waals surface area contributed by atoms with Gasteiger partial charge in [-0.1, -0.05) is 18.2 Å². The molecule has 5 heteroatoms. The van der Waals surface area contributed by atoms with Crippen molar-refractivity contribution in [2.24, 2.45) is 5.73 Å². The van der Waals surface area contributed by atoms with Crippen LogP contribution in [-0.4, -0.2) is 6.04 Å². The monoisotopic (exact) mass is 233 g/mol. The second kappa shape index (κ2) is 4.65. The highest BCUT2D eigenvalue weighted by molar-refractivity contribution is 5.55. The Bertz CT molecular complexity index is 393. The smallest absolute Gasteiger partial charge is 0.325 e. The first-order valence-electron chi connectivity index (χ1n) is 4.61. The second-order valence-corrected chi connectivity index (χ2v) is 3.45. The predicted molar refractivity (Wildman–Crippen MR) is 54.1 cm³/mol. The quantitative estimate of drug-likeness (QED) is 0.780. The van der Waals surface area contributed by atoms with E-state index in [1.165, 1.54) is 12.2 Å². The summed E-state index contributed by atoms with van der Waals surface area (Å²) in [6.45, 7) is 1.63. The third-order valence-electron chi connectivity index (χ3n) is 1.90. The van der Waals surface area contributed by atoms with Crippen LogP contribution in [0, 0.1) is 5.82 Å². The summed E-state index contributed by atoms with van der Waals surface area (Å²) >= 11 is 0. The molecule has 0 heterocycles. The lowest BCUT2D eigenvalue weighted by Crippen LogP contribution is -2.11. The van der Waals surface area contributed by atoms with Gasteiger partial charge in [-0.15, -0.1) is 0 Å². The average molecular weight is 233 g/mol. The molecule has 1 atom stereocenters. The van der Waals surface area contributed by atoms with Crippen molar-refractivity contribution in [1.29, 1.82) is 0 Å². The zero-order chi connectivity index (χ0) is 12.3. The lowest BCUT2D eigenvalue weighted by Gasteiger charge is -2.10. The molecule has 0 saturated carbocycles. The maximum Gasteiger partial charge on any atom is 0.417 e. The molecule has 0 fully saturated rings. The van der Waals surface area contributed by atoms with E-state index in [1.807, 2.05) is 0 Å². The van der Waals surface area contributed by atoms with Gasteiger partial charge >= 0.3 is 6.18 Å². The van der Waals surface area contributed by atoms with Gasteiger partial charge < -0.3 is 5.73 Å². The number of hydrogen-bond donors (Lipinski definition) is 1. The number of hydrogen-bond acceptors (Lipinski definition) is 1. The zero-order valence-corrected chi connectivity index (χ0v) is 8.55. The number of halogens is 4. The first-order valence-corrected chi connectivity index (χ1v) is 4.61. The van der Waals surface area contributed by atoms with Gasteiger partial charge in [0.25, 0.3) is 0 Å². The van der Waals surface area contributed by atoms with Crippen LogP contribution in [0.25, 0.3) is 6.08 Å². The fraction of sp³-hybridized carbons (Fsp3) is 0.273. The van der Waals surface area contributed by atoms with Crippen molar-refractivity contribution < 1.29 is 17.6 Å². The molecular formula is C11H11F4N. The van der Waals surface area contributed by atoms with Crippen LogP contribution < -0.4 is 5.73 Å². The van der Waals surface area contributed by atoms with Gasteiger partial charge in [0.15, 0.2) is 0 Å². The van der Waals surface area contributed by atoms with Crippen LogP contribution in [0.4, 0.5) is 17.6 Å². The lowest BCUT2D eigenvalue weighted by atomic mass is 10.1. The largest absolute Gasteiger partial charge is 0.417 e. The van der Waals surface area contributed by atoms with Gasteiger partial charge in [-0.2, -0.15) is 13.2 Å². The van der Waals surface area contributed by atoms with E-state index >= 15 is 0 Å². The molecule has 1 nitrogen and oxygen atoms in total. The van der Waals surface area contributed by atoms with Gasteiger partial charge in [-0.25, -0.2) is 4.39 Å². The van der Waals surface area contributed by atoms with E-state index in [0.29, 0.717) is 6.07 Å². The molecule has 16 heavy (non-hydrogen) atoms. The van der Waals surface area contributed by atoms with Crippen LogP contribution in [0.5, 0.6) is 0 Å². The Kier molecular flexibility index (Phi) is 3.70.